The van der Waals surface area contributed by atoms with Crippen molar-refractivity contribution in [1.29, 1.82) is 0 Å². The Hall–Kier alpha value is -1.25. The number of rotatable bonds is 3. The third-order valence-corrected chi connectivity index (χ3v) is 8.07. The van der Waals surface area contributed by atoms with Gasteiger partial charge in [0.05, 0.1) is 15.1 Å². The number of thioether (sulfide) groups is 2. The fourth-order valence-electron chi connectivity index (χ4n) is 3.31. The normalized spacial score (nSPS) is 26.2. The molecule has 5 nitrogen and oxygen atoms in total. The van der Waals surface area contributed by atoms with Crippen LogP contribution < -0.4 is 5.32 Å². The largest absolute Gasteiger partial charge is 0.324 e. The number of benzene rings is 1. The summed E-state index contributed by atoms with van der Waals surface area (Å²) >= 11 is 4.94. The smallest absolute Gasteiger partial charge is 0.248 e. The van der Waals surface area contributed by atoms with Crippen molar-refractivity contribution in [2.24, 2.45) is 0 Å². The highest BCUT2D eigenvalue weighted by Crippen LogP contribution is 2.47. The van der Waals surface area contributed by atoms with Crippen LogP contribution in [-0.2, 0) is 9.59 Å². The molecule has 0 radical (unpaired) electrons. The molecule has 0 unspecified atom stereocenters. The van der Waals surface area contributed by atoms with Crippen molar-refractivity contribution in [2.45, 2.75) is 35.0 Å². The average Bonchev–Trinajstić information content (AvgIpc) is 3.20. The van der Waals surface area contributed by atoms with Gasteiger partial charge in [0.15, 0.2) is 4.34 Å². The molecule has 4 rings (SSSR count). The molecule has 2 aliphatic heterocycles. The highest BCUT2D eigenvalue weighted by atomic mass is 32.2. The molecular weight excluding hydrogens is 362 g/mol. The van der Waals surface area contributed by atoms with Gasteiger partial charge in [0, 0.05) is 17.9 Å². The van der Waals surface area contributed by atoms with E-state index in [1.54, 1.807) is 39.8 Å². The number of hydrogen-bond donors (Lipinski definition) is 1. The fraction of sp³-hybridized carbons (Fsp3) is 0.438. The zero-order chi connectivity index (χ0) is 16.9. The number of carbonyl (C=O) groups is 2. The van der Waals surface area contributed by atoms with Gasteiger partial charge in [0.2, 0.25) is 11.8 Å². The van der Waals surface area contributed by atoms with Gasteiger partial charge in [-0.2, -0.15) is 0 Å². The number of hydrogen-bond acceptors (Lipinski definition) is 6. The van der Waals surface area contributed by atoms with E-state index in [1.807, 2.05) is 24.5 Å². The van der Waals surface area contributed by atoms with Gasteiger partial charge in [0.1, 0.15) is 6.04 Å². The monoisotopic (exact) mass is 379 g/mol. The second-order valence-electron chi connectivity index (χ2n) is 6.12. The molecule has 0 bridgehead atoms. The summed E-state index contributed by atoms with van der Waals surface area (Å²) in [6.45, 7) is 2.06. The lowest BCUT2D eigenvalue weighted by Crippen LogP contribution is -2.48. The number of anilines is 1. The van der Waals surface area contributed by atoms with Crippen molar-refractivity contribution < 1.29 is 9.59 Å². The third-order valence-electron chi connectivity index (χ3n) is 4.56. The van der Waals surface area contributed by atoms with E-state index in [1.165, 1.54) is 0 Å². The lowest BCUT2D eigenvalue weighted by molar-refractivity contribution is -0.135. The van der Waals surface area contributed by atoms with Crippen LogP contribution >= 0.6 is 34.9 Å². The van der Waals surface area contributed by atoms with E-state index in [4.69, 9.17) is 0 Å². The van der Waals surface area contributed by atoms with Crippen molar-refractivity contribution in [2.75, 3.05) is 17.3 Å². The summed E-state index contributed by atoms with van der Waals surface area (Å²) in [5, 5.41) is 2.98. The van der Waals surface area contributed by atoms with Crippen LogP contribution in [0.3, 0.4) is 0 Å². The fourth-order valence-corrected chi connectivity index (χ4v) is 6.27. The highest BCUT2D eigenvalue weighted by Gasteiger charge is 2.52. The highest BCUT2D eigenvalue weighted by molar-refractivity contribution is 8.01. The Labute approximate surface area is 152 Å². The van der Waals surface area contributed by atoms with Crippen molar-refractivity contribution >= 4 is 62.6 Å². The summed E-state index contributed by atoms with van der Waals surface area (Å²) in [6, 6.07) is 5.37. The Bertz CT molecular complexity index is 837. The Morgan fingerprint density at radius 3 is 3.12 bits per heavy atom. The van der Waals surface area contributed by atoms with E-state index in [0.29, 0.717) is 12.2 Å². The molecule has 0 spiro atoms. The minimum Gasteiger partial charge on any atom is -0.324 e. The molecule has 2 aromatic rings. The van der Waals surface area contributed by atoms with Crippen molar-refractivity contribution in [3.8, 4) is 0 Å². The van der Waals surface area contributed by atoms with Crippen molar-refractivity contribution in [3.63, 3.8) is 0 Å². The van der Waals surface area contributed by atoms with Gasteiger partial charge < -0.3 is 10.2 Å². The van der Waals surface area contributed by atoms with Crippen LogP contribution in [0.25, 0.3) is 10.2 Å². The van der Waals surface area contributed by atoms with Crippen molar-refractivity contribution in [1.82, 2.24) is 9.88 Å². The van der Waals surface area contributed by atoms with Crippen molar-refractivity contribution in [3.05, 3.63) is 18.2 Å². The predicted octanol–water partition coefficient (Wildman–Crippen LogP) is 3.41. The minimum atomic E-state index is -0.381. The molecule has 2 amide bonds. The molecule has 2 saturated heterocycles. The van der Waals surface area contributed by atoms with E-state index in [-0.39, 0.29) is 22.7 Å². The summed E-state index contributed by atoms with van der Waals surface area (Å²) in [4.78, 5) is 30.9. The molecule has 2 fully saturated rings. The molecule has 2 atom stereocenters. The summed E-state index contributed by atoms with van der Waals surface area (Å²) in [6.07, 6.45) is 3.37. The van der Waals surface area contributed by atoms with Crippen LogP contribution in [0.15, 0.2) is 22.5 Å². The second-order valence-corrected chi connectivity index (χ2v) is 9.71. The molecule has 1 N–H and O–H groups in total. The maximum absolute atomic E-state index is 12.7. The Kier molecular flexibility index (Phi) is 4.01. The van der Waals surface area contributed by atoms with Gasteiger partial charge in [-0.05, 0) is 37.8 Å². The van der Waals surface area contributed by atoms with Gasteiger partial charge in [-0.1, -0.05) is 11.8 Å². The first-order valence-electron chi connectivity index (χ1n) is 7.72. The topological polar surface area (TPSA) is 62.3 Å². The summed E-state index contributed by atoms with van der Waals surface area (Å²) in [5.41, 5.74) is 1.70. The molecule has 3 heterocycles. The average molecular weight is 380 g/mol. The molecular formula is C16H17N3O2S3. The Morgan fingerprint density at radius 1 is 1.50 bits per heavy atom. The van der Waals surface area contributed by atoms with Gasteiger partial charge in [-0.3, -0.25) is 9.59 Å². The number of thiazole rings is 1. The number of fused-ring (bicyclic) bond motifs is 2. The lowest BCUT2D eigenvalue weighted by atomic mass is 10.2. The first-order valence-corrected chi connectivity index (χ1v) is 10.7. The van der Waals surface area contributed by atoms with E-state index in [0.717, 1.165) is 26.7 Å². The summed E-state index contributed by atoms with van der Waals surface area (Å²) in [7, 11) is 0. The van der Waals surface area contributed by atoms with Crippen LogP contribution in [-0.4, -0.2) is 44.6 Å². The lowest BCUT2D eigenvalue weighted by Gasteiger charge is -2.29. The molecule has 1 aromatic carbocycles. The van der Waals surface area contributed by atoms with Crippen LogP contribution in [0.4, 0.5) is 5.69 Å². The molecule has 0 aliphatic carbocycles. The van der Waals surface area contributed by atoms with Gasteiger partial charge >= 0.3 is 0 Å². The quantitative estimate of drug-likeness (QED) is 0.828. The number of aromatic nitrogens is 1. The minimum absolute atomic E-state index is 0.0881. The third kappa shape index (κ3) is 2.60. The molecule has 126 valence electrons. The predicted molar refractivity (Wildman–Crippen MR) is 101 cm³/mol. The summed E-state index contributed by atoms with van der Waals surface area (Å²) < 4.78 is 2.07. The van der Waals surface area contributed by atoms with E-state index in [9.17, 15) is 9.59 Å². The zero-order valence-electron chi connectivity index (χ0n) is 13.4. The van der Waals surface area contributed by atoms with E-state index in [2.05, 4.69) is 17.2 Å². The molecule has 8 heteroatoms. The van der Waals surface area contributed by atoms with Gasteiger partial charge in [-0.15, -0.1) is 23.1 Å². The van der Waals surface area contributed by atoms with Crippen LogP contribution in [0.1, 0.15) is 19.8 Å². The molecule has 24 heavy (non-hydrogen) atoms. The van der Waals surface area contributed by atoms with Gasteiger partial charge in [0.25, 0.3) is 0 Å². The first kappa shape index (κ1) is 16.2. The molecule has 2 aliphatic rings. The van der Waals surface area contributed by atoms with E-state index < -0.39 is 0 Å². The zero-order valence-corrected chi connectivity index (χ0v) is 15.8. The van der Waals surface area contributed by atoms with Crippen LogP contribution in [0.2, 0.25) is 0 Å². The standard InChI is InChI=1S/C16H17N3O2S3/c1-16-6-5-13(20)19(16)11(8-23-16)14(21)17-9-3-4-10-12(7-9)24-15(18-10)22-2/h3-4,7,11H,5-6,8H2,1-2H3,(H,17,21)/t11-,16+/m0/s1. The molecule has 1 aromatic heterocycles. The Morgan fingerprint density at radius 2 is 2.33 bits per heavy atom. The van der Waals surface area contributed by atoms with Crippen LogP contribution in [0.5, 0.6) is 0 Å². The van der Waals surface area contributed by atoms with Gasteiger partial charge in [-0.25, -0.2) is 4.98 Å². The SMILES string of the molecule is CSc1nc2ccc(NC(=O)[C@@H]3CS[C@]4(C)CCC(=O)N34)cc2s1. The van der Waals surface area contributed by atoms with E-state index >= 15 is 0 Å². The number of amides is 2. The maximum atomic E-state index is 12.7. The first-order chi connectivity index (χ1) is 11.5. The number of nitrogens with zero attached hydrogens (tertiary/aromatic N) is 2. The Balaban J connectivity index is 1.55. The van der Waals surface area contributed by atoms with Crippen LogP contribution in [0, 0.1) is 0 Å². The maximum Gasteiger partial charge on any atom is 0.248 e. The number of nitrogens with one attached hydrogen (secondary N) is 1. The molecule has 0 saturated carbocycles. The number of carbonyl (C=O) groups excluding carboxylic acids is 2. The second kappa shape index (κ2) is 5.93. The summed E-state index contributed by atoms with van der Waals surface area (Å²) in [5.74, 6) is 0.647.